The second kappa shape index (κ2) is 9.59. The summed E-state index contributed by atoms with van der Waals surface area (Å²) >= 11 is 0. The number of morpholine rings is 1. The average Bonchev–Trinajstić information content (AvgIpc) is 2.74. The van der Waals surface area contributed by atoms with Crippen molar-refractivity contribution in [1.82, 2.24) is 5.43 Å². The van der Waals surface area contributed by atoms with Crippen LogP contribution in [0.1, 0.15) is 5.56 Å². The normalized spacial score (nSPS) is 14.2. The number of benzene rings is 2. The Morgan fingerprint density at radius 3 is 2.44 bits per heavy atom. The first kappa shape index (κ1) is 18.7. The maximum absolute atomic E-state index is 11.8. The van der Waals surface area contributed by atoms with Crippen molar-refractivity contribution in [2.45, 2.75) is 0 Å². The van der Waals surface area contributed by atoms with E-state index in [1.165, 1.54) is 0 Å². The van der Waals surface area contributed by atoms with Crippen LogP contribution in [0.5, 0.6) is 11.5 Å². The minimum Gasteiger partial charge on any atom is -0.497 e. The first-order valence-corrected chi connectivity index (χ1v) is 8.76. The van der Waals surface area contributed by atoms with E-state index in [0.29, 0.717) is 5.75 Å². The number of nitrogens with zero attached hydrogens (tertiary/aromatic N) is 2. The second-order valence-corrected chi connectivity index (χ2v) is 5.95. The molecule has 0 radical (unpaired) electrons. The number of hydrazone groups is 1. The van der Waals surface area contributed by atoms with Crippen LogP contribution in [-0.4, -0.2) is 52.1 Å². The van der Waals surface area contributed by atoms with Crippen molar-refractivity contribution in [2.75, 3.05) is 44.9 Å². The molecule has 1 aliphatic rings. The molecule has 3 rings (SSSR count). The minimum absolute atomic E-state index is 0.111. The van der Waals surface area contributed by atoms with Gasteiger partial charge in [0.1, 0.15) is 11.5 Å². The third-order valence-electron chi connectivity index (χ3n) is 4.10. The van der Waals surface area contributed by atoms with E-state index in [1.54, 1.807) is 37.6 Å². The lowest BCUT2D eigenvalue weighted by molar-refractivity contribution is -0.123. The molecule has 0 bridgehead atoms. The van der Waals surface area contributed by atoms with Crippen LogP contribution in [0.4, 0.5) is 5.69 Å². The molecule has 1 saturated heterocycles. The van der Waals surface area contributed by atoms with Crippen molar-refractivity contribution < 1.29 is 19.0 Å². The van der Waals surface area contributed by atoms with E-state index in [9.17, 15) is 4.79 Å². The van der Waals surface area contributed by atoms with Gasteiger partial charge in [-0.15, -0.1) is 0 Å². The summed E-state index contributed by atoms with van der Waals surface area (Å²) in [4.78, 5) is 14.1. The summed E-state index contributed by atoms with van der Waals surface area (Å²) in [6.07, 6.45) is 1.61. The Bertz CT molecular complexity index is 754. The summed E-state index contributed by atoms with van der Waals surface area (Å²) in [5.74, 6) is 0.997. The molecule has 1 heterocycles. The Morgan fingerprint density at radius 1 is 1.11 bits per heavy atom. The van der Waals surface area contributed by atoms with Gasteiger partial charge in [0.25, 0.3) is 5.91 Å². The highest BCUT2D eigenvalue weighted by Crippen LogP contribution is 2.17. The fraction of sp³-hybridized carbons (Fsp3) is 0.300. The summed E-state index contributed by atoms with van der Waals surface area (Å²) in [6, 6.07) is 15.0. The number of carbonyl (C=O) groups is 1. The van der Waals surface area contributed by atoms with Gasteiger partial charge < -0.3 is 19.1 Å². The Kier molecular flexibility index (Phi) is 6.65. The second-order valence-electron chi connectivity index (χ2n) is 5.95. The fourth-order valence-electron chi connectivity index (χ4n) is 2.62. The Morgan fingerprint density at radius 2 is 1.78 bits per heavy atom. The van der Waals surface area contributed by atoms with Gasteiger partial charge in [0.2, 0.25) is 0 Å². The standard InChI is InChI=1S/C20H23N3O4/c1-25-18-6-8-19(9-7-18)27-15-20(24)22-21-14-16-2-4-17(5-3-16)23-10-12-26-13-11-23/h2-9,14H,10-13,15H2,1H3,(H,22,24)/b21-14-. The van der Waals surface area contributed by atoms with E-state index >= 15 is 0 Å². The van der Waals surface area contributed by atoms with E-state index in [0.717, 1.165) is 43.3 Å². The number of methoxy groups -OCH3 is 1. The quantitative estimate of drug-likeness (QED) is 0.597. The first-order chi connectivity index (χ1) is 13.2. The van der Waals surface area contributed by atoms with Crippen molar-refractivity contribution in [3.8, 4) is 11.5 Å². The molecule has 1 N–H and O–H groups in total. The predicted molar refractivity (Wildman–Crippen MR) is 104 cm³/mol. The van der Waals surface area contributed by atoms with Gasteiger partial charge in [-0.3, -0.25) is 4.79 Å². The number of rotatable bonds is 7. The van der Waals surface area contributed by atoms with E-state index in [1.807, 2.05) is 24.3 Å². The SMILES string of the molecule is COc1ccc(OCC(=O)N/N=C\c2ccc(N3CCOCC3)cc2)cc1. The summed E-state index contributed by atoms with van der Waals surface area (Å²) in [7, 11) is 1.59. The number of ether oxygens (including phenoxy) is 3. The number of amides is 1. The van der Waals surface area contributed by atoms with Crippen molar-refractivity contribution in [2.24, 2.45) is 5.10 Å². The van der Waals surface area contributed by atoms with Crippen LogP contribution in [0.25, 0.3) is 0 Å². The molecule has 27 heavy (non-hydrogen) atoms. The van der Waals surface area contributed by atoms with Crippen molar-refractivity contribution in [3.05, 3.63) is 54.1 Å². The summed E-state index contributed by atoms with van der Waals surface area (Å²) in [5.41, 5.74) is 4.52. The van der Waals surface area contributed by atoms with Crippen molar-refractivity contribution in [1.29, 1.82) is 0 Å². The average molecular weight is 369 g/mol. The number of hydrogen-bond acceptors (Lipinski definition) is 6. The third kappa shape index (κ3) is 5.72. The number of carbonyl (C=O) groups excluding carboxylic acids is 1. The van der Waals surface area contributed by atoms with Gasteiger partial charge in [0.15, 0.2) is 6.61 Å². The molecule has 7 heteroatoms. The smallest absolute Gasteiger partial charge is 0.277 e. The number of hydrogen-bond donors (Lipinski definition) is 1. The summed E-state index contributed by atoms with van der Waals surface area (Å²) < 4.78 is 15.8. The van der Waals surface area contributed by atoms with Gasteiger partial charge in [-0.25, -0.2) is 5.43 Å². The van der Waals surface area contributed by atoms with E-state index in [4.69, 9.17) is 14.2 Å². The maximum Gasteiger partial charge on any atom is 0.277 e. The summed E-state index contributed by atoms with van der Waals surface area (Å²) in [6.45, 7) is 3.21. The van der Waals surface area contributed by atoms with Crippen LogP contribution in [0, 0.1) is 0 Å². The van der Waals surface area contributed by atoms with E-state index in [-0.39, 0.29) is 12.5 Å². The summed E-state index contributed by atoms with van der Waals surface area (Å²) in [5, 5.41) is 3.97. The molecular weight excluding hydrogens is 346 g/mol. The molecule has 0 spiro atoms. The first-order valence-electron chi connectivity index (χ1n) is 8.76. The van der Waals surface area contributed by atoms with Crippen molar-refractivity contribution >= 4 is 17.8 Å². The highest BCUT2D eigenvalue weighted by Gasteiger charge is 2.10. The van der Waals surface area contributed by atoms with Crippen LogP contribution in [0.2, 0.25) is 0 Å². The zero-order valence-corrected chi connectivity index (χ0v) is 15.3. The molecule has 0 saturated carbocycles. The third-order valence-corrected chi connectivity index (χ3v) is 4.10. The lowest BCUT2D eigenvalue weighted by Gasteiger charge is -2.28. The van der Waals surface area contributed by atoms with E-state index in [2.05, 4.69) is 15.4 Å². The zero-order valence-electron chi connectivity index (χ0n) is 15.3. The molecule has 1 aliphatic heterocycles. The minimum atomic E-state index is -0.327. The zero-order chi connectivity index (χ0) is 18.9. The van der Waals surface area contributed by atoms with Gasteiger partial charge in [0, 0.05) is 18.8 Å². The monoisotopic (exact) mass is 369 g/mol. The molecule has 7 nitrogen and oxygen atoms in total. The molecule has 2 aromatic carbocycles. The van der Waals surface area contributed by atoms with Gasteiger partial charge >= 0.3 is 0 Å². The number of anilines is 1. The van der Waals surface area contributed by atoms with Crippen molar-refractivity contribution in [3.63, 3.8) is 0 Å². The van der Waals surface area contributed by atoms with Crippen LogP contribution in [0.15, 0.2) is 53.6 Å². The highest BCUT2D eigenvalue weighted by atomic mass is 16.5. The Balaban J connectivity index is 1.43. The van der Waals surface area contributed by atoms with Gasteiger partial charge in [0.05, 0.1) is 26.5 Å². The van der Waals surface area contributed by atoms with Crippen LogP contribution >= 0.6 is 0 Å². The lowest BCUT2D eigenvalue weighted by Crippen LogP contribution is -2.36. The lowest BCUT2D eigenvalue weighted by atomic mass is 10.2. The molecule has 0 atom stereocenters. The molecule has 0 aromatic heterocycles. The molecule has 0 unspecified atom stereocenters. The predicted octanol–water partition coefficient (Wildman–Crippen LogP) is 2.06. The van der Waals surface area contributed by atoms with Crippen LogP contribution < -0.4 is 19.8 Å². The van der Waals surface area contributed by atoms with Gasteiger partial charge in [-0.2, -0.15) is 5.10 Å². The van der Waals surface area contributed by atoms with Gasteiger partial charge in [-0.05, 0) is 42.0 Å². The molecule has 1 amide bonds. The Hall–Kier alpha value is -3.06. The maximum atomic E-state index is 11.8. The van der Waals surface area contributed by atoms with Crippen LogP contribution in [-0.2, 0) is 9.53 Å². The molecule has 0 aliphatic carbocycles. The topological polar surface area (TPSA) is 72.4 Å². The van der Waals surface area contributed by atoms with Crippen LogP contribution in [0.3, 0.4) is 0 Å². The molecule has 142 valence electrons. The molecular formula is C20H23N3O4. The van der Waals surface area contributed by atoms with Gasteiger partial charge in [-0.1, -0.05) is 12.1 Å². The largest absolute Gasteiger partial charge is 0.497 e. The highest BCUT2D eigenvalue weighted by molar-refractivity contribution is 5.83. The Labute approximate surface area is 158 Å². The fourth-order valence-corrected chi connectivity index (χ4v) is 2.62. The number of nitrogens with one attached hydrogen (secondary N) is 1. The van der Waals surface area contributed by atoms with E-state index < -0.39 is 0 Å². The molecule has 1 fully saturated rings. The molecule has 2 aromatic rings.